The van der Waals surface area contributed by atoms with Crippen LogP contribution in [0.5, 0.6) is 0 Å². The largest absolute Gasteiger partial charge is 0.444 e. The number of nitrogens with zero attached hydrogens (tertiary/aromatic N) is 1. The number of thioether (sulfide) groups is 1. The highest BCUT2D eigenvalue weighted by molar-refractivity contribution is 7.98. The van der Waals surface area contributed by atoms with Crippen molar-refractivity contribution < 1.29 is 19.1 Å². The number of hydrogen-bond acceptors (Lipinski definition) is 5. The maximum Gasteiger partial charge on any atom is 0.408 e. The van der Waals surface area contributed by atoms with Crippen LogP contribution in [0.2, 0.25) is 5.02 Å². The number of para-hydroxylation sites is 1. The first-order chi connectivity index (χ1) is 19.4. The number of amides is 3. The molecule has 222 valence electrons. The van der Waals surface area contributed by atoms with E-state index < -0.39 is 29.7 Å². The van der Waals surface area contributed by atoms with Gasteiger partial charge in [-0.15, -0.1) is 6.42 Å². The number of unbranched alkanes of at least 4 members (excludes halogenated alkanes) is 2. The van der Waals surface area contributed by atoms with E-state index >= 15 is 0 Å². The Kier molecular flexibility index (Phi) is 13.6. The highest BCUT2D eigenvalue weighted by Gasteiger charge is 2.37. The van der Waals surface area contributed by atoms with Crippen molar-refractivity contribution in [3.05, 3.63) is 64.2 Å². The molecule has 2 unspecified atom stereocenters. The van der Waals surface area contributed by atoms with Crippen LogP contribution in [0.4, 0.5) is 10.5 Å². The quantitative estimate of drug-likeness (QED) is 0.192. The number of aryl methyl sites for hydroxylation is 1. The predicted molar refractivity (Wildman–Crippen MR) is 169 cm³/mol. The topological polar surface area (TPSA) is 87.7 Å². The van der Waals surface area contributed by atoms with Gasteiger partial charge in [0.25, 0.3) is 5.91 Å². The average molecular weight is 600 g/mol. The average Bonchev–Trinajstić information content (AvgIpc) is 2.91. The summed E-state index contributed by atoms with van der Waals surface area (Å²) in [5.41, 5.74) is 1.52. The maximum absolute atomic E-state index is 14.3. The van der Waals surface area contributed by atoms with E-state index in [-0.39, 0.29) is 12.5 Å². The predicted octanol–water partition coefficient (Wildman–Crippen LogP) is 6.97. The van der Waals surface area contributed by atoms with Crippen LogP contribution in [0.15, 0.2) is 42.5 Å². The number of carbonyl (C=O) groups is 3. The molecule has 0 saturated carbocycles. The van der Waals surface area contributed by atoms with Crippen LogP contribution in [0, 0.1) is 19.3 Å². The van der Waals surface area contributed by atoms with E-state index in [0.29, 0.717) is 40.4 Å². The summed E-state index contributed by atoms with van der Waals surface area (Å²) in [6.07, 6.45) is 9.89. The molecule has 3 amide bonds. The second-order valence-electron chi connectivity index (χ2n) is 10.8. The maximum atomic E-state index is 14.3. The van der Waals surface area contributed by atoms with Crippen LogP contribution >= 0.6 is 23.4 Å². The van der Waals surface area contributed by atoms with Crippen molar-refractivity contribution >= 4 is 47.0 Å². The van der Waals surface area contributed by atoms with Crippen LogP contribution in [0.3, 0.4) is 0 Å². The summed E-state index contributed by atoms with van der Waals surface area (Å²) in [4.78, 5) is 42.8. The number of alkyl carbamates (subject to hydrolysis) is 1. The minimum atomic E-state index is -1.07. The first kappa shape index (κ1) is 34.1. The van der Waals surface area contributed by atoms with Gasteiger partial charge in [-0.05, 0) is 75.8 Å². The fourth-order valence-electron chi connectivity index (χ4n) is 4.34. The molecule has 0 fully saturated rings. The molecule has 0 radical (unpaired) electrons. The summed E-state index contributed by atoms with van der Waals surface area (Å²) in [7, 11) is 0. The lowest BCUT2D eigenvalue weighted by Gasteiger charge is -2.35. The van der Waals surface area contributed by atoms with E-state index in [1.807, 2.05) is 19.2 Å². The molecule has 0 aromatic heterocycles. The van der Waals surface area contributed by atoms with Crippen molar-refractivity contribution in [1.82, 2.24) is 10.2 Å². The molecule has 0 saturated heterocycles. The molecule has 9 heteroatoms. The monoisotopic (exact) mass is 599 g/mol. The molecule has 2 N–H and O–H groups in total. The van der Waals surface area contributed by atoms with Crippen LogP contribution in [-0.2, 0) is 14.3 Å². The normalized spacial score (nSPS) is 12.5. The van der Waals surface area contributed by atoms with Gasteiger partial charge in [-0.25, -0.2) is 4.79 Å². The molecule has 2 aromatic rings. The third-order valence-electron chi connectivity index (χ3n) is 6.33. The van der Waals surface area contributed by atoms with Crippen molar-refractivity contribution in [2.24, 2.45) is 0 Å². The molecule has 0 aliphatic carbocycles. The van der Waals surface area contributed by atoms with E-state index in [1.165, 1.54) is 4.90 Å². The molecule has 2 rings (SSSR count). The smallest absolute Gasteiger partial charge is 0.408 e. The minimum absolute atomic E-state index is 0.289. The summed E-state index contributed by atoms with van der Waals surface area (Å²) in [5.74, 6) is 2.44. The number of ether oxygens (including phenoxy) is 1. The van der Waals surface area contributed by atoms with E-state index in [2.05, 4.69) is 23.5 Å². The molecule has 7 nitrogen and oxygen atoms in total. The van der Waals surface area contributed by atoms with Gasteiger partial charge in [0.05, 0.1) is 10.7 Å². The van der Waals surface area contributed by atoms with Crippen LogP contribution < -0.4 is 10.6 Å². The van der Waals surface area contributed by atoms with Gasteiger partial charge in [-0.1, -0.05) is 67.6 Å². The van der Waals surface area contributed by atoms with E-state index in [4.69, 9.17) is 22.8 Å². The van der Waals surface area contributed by atoms with E-state index in [0.717, 1.165) is 18.4 Å². The number of nitrogens with one attached hydrogen (secondary N) is 2. The SMILES string of the molecule is C#Cc1ccccc1C(C(=O)Nc1c(C)cccc1Cl)N(CCCCC)C(=O)C(CCSC)NC(=O)OC(C)(C)C. The van der Waals surface area contributed by atoms with Crippen LogP contribution in [0.1, 0.15) is 76.1 Å². The number of anilines is 1. The van der Waals surface area contributed by atoms with Crippen molar-refractivity contribution in [3.8, 4) is 12.3 Å². The molecular weight excluding hydrogens is 558 g/mol. The van der Waals surface area contributed by atoms with E-state index in [1.54, 1.807) is 68.9 Å². The van der Waals surface area contributed by atoms with E-state index in [9.17, 15) is 14.4 Å². The summed E-state index contributed by atoms with van der Waals surface area (Å²) < 4.78 is 5.46. The fourth-order valence-corrected chi connectivity index (χ4v) is 5.08. The second-order valence-corrected chi connectivity index (χ2v) is 12.2. The number of carbonyl (C=O) groups excluding carboxylic acids is 3. The first-order valence-corrected chi connectivity index (χ1v) is 15.6. The Morgan fingerprint density at radius 1 is 1.12 bits per heavy atom. The Labute approximate surface area is 254 Å². The van der Waals surface area contributed by atoms with Crippen molar-refractivity contribution in [1.29, 1.82) is 0 Å². The number of hydrogen-bond donors (Lipinski definition) is 2. The molecule has 0 aliphatic heterocycles. The lowest BCUT2D eigenvalue weighted by atomic mass is 9.96. The van der Waals surface area contributed by atoms with Gasteiger partial charge in [0, 0.05) is 12.1 Å². The van der Waals surface area contributed by atoms with Gasteiger partial charge in [-0.2, -0.15) is 11.8 Å². The zero-order valence-electron chi connectivity index (χ0n) is 24.9. The van der Waals surface area contributed by atoms with Crippen molar-refractivity contribution in [2.45, 2.75) is 78.0 Å². The highest BCUT2D eigenvalue weighted by Crippen LogP contribution is 2.31. The first-order valence-electron chi connectivity index (χ1n) is 13.8. The molecule has 41 heavy (non-hydrogen) atoms. The third-order valence-corrected chi connectivity index (χ3v) is 7.29. The highest BCUT2D eigenvalue weighted by atomic mass is 35.5. The summed E-state index contributed by atoms with van der Waals surface area (Å²) in [6, 6.07) is 10.5. The van der Waals surface area contributed by atoms with Gasteiger partial charge < -0.3 is 20.3 Å². The molecule has 0 aliphatic rings. The van der Waals surface area contributed by atoms with Gasteiger partial charge >= 0.3 is 6.09 Å². The Hall–Kier alpha value is -3.15. The lowest BCUT2D eigenvalue weighted by molar-refractivity contribution is -0.141. The number of rotatable bonds is 13. The molecule has 2 aromatic carbocycles. The van der Waals surface area contributed by atoms with Gasteiger partial charge in [0.15, 0.2) is 0 Å². The zero-order chi connectivity index (χ0) is 30.6. The van der Waals surface area contributed by atoms with Gasteiger partial charge in [-0.3, -0.25) is 9.59 Å². The Morgan fingerprint density at radius 3 is 2.44 bits per heavy atom. The summed E-state index contributed by atoms with van der Waals surface area (Å²) in [5, 5.41) is 6.11. The minimum Gasteiger partial charge on any atom is -0.444 e. The van der Waals surface area contributed by atoms with Crippen LogP contribution in [0.25, 0.3) is 0 Å². The number of halogens is 1. The Morgan fingerprint density at radius 2 is 1.83 bits per heavy atom. The van der Waals surface area contributed by atoms with Crippen molar-refractivity contribution in [3.63, 3.8) is 0 Å². The summed E-state index contributed by atoms with van der Waals surface area (Å²) in [6.45, 7) is 9.48. The number of benzene rings is 2. The molecular formula is C32H42ClN3O4S. The van der Waals surface area contributed by atoms with Gasteiger partial charge in [0.1, 0.15) is 17.7 Å². The second kappa shape index (κ2) is 16.3. The van der Waals surface area contributed by atoms with Crippen LogP contribution in [-0.4, -0.2) is 53.0 Å². The standard InChI is InChI=1S/C32H42ClN3O4S/c1-8-10-13-20-36(30(38)26(19-21-41-7)34-31(39)40-32(4,5)6)28(24-17-12-11-16-23(24)9-2)29(37)35-27-22(3)15-14-18-25(27)33/h2,11-12,14-18,26,28H,8,10,13,19-21H2,1,3-7H3,(H,34,39)(H,35,37). The molecule has 0 heterocycles. The summed E-state index contributed by atoms with van der Waals surface area (Å²) >= 11 is 8.01. The lowest BCUT2D eigenvalue weighted by Crippen LogP contribution is -2.53. The Bertz CT molecular complexity index is 1220. The zero-order valence-corrected chi connectivity index (χ0v) is 26.5. The fraction of sp³-hybridized carbons (Fsp3) is 0.469. The molecule has 0 bridgehead atoms. The third kappa shape index (κ3) is 10.3. The number of terminal acetylenes is 1. The van der Waals surface area contributed by atoms with Gasteiger partial charge in [0.2, 0.25) is 5.91 Å². The molecule has 2 atom stereocenters. The van der Waals surface area contributed by atoms with Crippen molar-refractivity contribution in [2.75, 3.05) is 23.9 Å². The molecule has 0 spiro atoms. The Balaban J connectivity index is 2.63.